The van der Waals surface area contributed by atoms with Gasteiger partial charge in [0.2, 0.25) is 5.89 Å². The molecule has 26 heavy (non-hydrogen) atoms. The molecule has 2 aromatic rings. The van der Waals surface area contributed by atoms with Gasteiger partial charge in [-0.25, -0.2) is 0 Å². The highest BCUT2D eigenvalue weighted by atomic mass is 16.5. The highest BCUT2D eigenvalue weighted by molar-refractivity contribution is 5.25. The van der Waals surface area contributed by atoms with Crippen molar-refractivity contribution in [2.45, 2.75) is 64.8 Å². The number of aromatic nitrogens is 2. The number of phenolic OH excluding ortho intramolecular Hbond substituents is 1. The SMILES string of the molecule is CC(c1nc(C(C)(C)C)no1)N1CCC(CCc2ccc(O)cc2)CC1. The molecular formula is C21H31N3O2. The van der Waals surface area contributed by atoms with Crippen molar-refractivity contribution in [2.24, 2.45) is 5.92 Å². The molecule has 3 rings (SSSR count). The van der Waals surface area contributed by atoms with Crippen molar-refractivity contribution in [3.8, 4) is 5.75 Å². The predicted octanol–water partition coefficient (Wildman–Crippen LogP) is 4.48. The van der Waals surface area contributed by atoms with E-state index < -0.39 is 0 Å². The Kier molecular flexibility index (Phi) is 5.66. The van der Waals surface area contributed by atoms with Crippen LogP contribution in [0.3, 0.4) is 0 Å². The van der Waals surface area contributed by atoms with Gasteiger partial charge in [-0.3, -0.25) is 4.90 Å². The molecule has 1 N–H and O–H groups in total. The first-order valence-corrected chi connectivity index (χ1v) is 9.69. The van der Waals surface area contributed by atoms with Crippen LogP contribution in [0.1, 0.15) is 70.3 Å². The molecule has 142 valence electrons. The van der Waals surface area contributed by atoms with Gasteiger partial charge in [-0.15, -0.1) is 0 Å². The minimum Gasteiger partial charge on any atom is -0.508 e. The quantitative estimate of drug-likeness (QED) is 0.855. The first-order valence-electron chi connectivity index (χ1n) is 9.69. The van der Waals surface area contributed by atoms with Crippen molar-refractivity contribution in [2.75, 3.05) is 13.1 Å². The summed E-state index contributed by atoms with van der Waals surface area (Å²) in [4.78, 5) is 7.07. The molecule has 5 nitrogen and oxygen atoms in total. The second-order valence-electron chi connectivity index (χ2n) is 8.57. The standard InChI is InChI=1S/C21H31N3O2/c1-15(19-22-20(23-26-19)21(2,3)4)24-13-11-17(12-14-24)6-5-16-7-9-18(25)10-8-16/h7-10,15,17,25H,5-6,11-14H2,1-4H3. The molecule has 1 atom stereocenters. The number of aromatic hydroxyl groups is 1. The van der Waals surface area contributed by atoms with Gasteiger partial charge < -0.3 is 9.63 Å². The van der Waals surface area contributed by atoms with E-state index in [-0.39, 0.29) is 11.5 Å². The third kappa shape index (κ3) is 4.64. The van der Waals surface area contributed by atoms with Crippen LogP contribution in [0.15, 0.2) is 28.8 Å². The van der Waals surface area contributed by atoms with E-state index in [9.17, 15) is 5.11 Å². The molecule has 5 heteroatoms. The summed E-state index contributed by atoms with van der Waals surface area (Å²) in [5.41, 5.74) is 1.22. The smallest absolute Gasteiger partial charge is 0.243 e. The molecule has 0 amide bonds. The Hall–Kier alpha value is -1.88. The molecule has 1 fully saturated rings. The normalized spacial score (nSPS) is 18.2. The van der Waals surface area contributed by atoms with Crippen LogP contribution >= 0.6 is 0 Å². The number of benzene rings is 1. The molecular weight excluding hydrogens is 326 g/mol. The molecule has 0 radical (unpaired) electrons. The van der Waals surface area contributed by atoms with Gasteiger partial charge >= 0.3 is 0 Å². The summed E-state index contributed by atoms with van der Waals surface area (Å²) < 4.78 is 5.52. The number of likely N-dealkylation sites (tertiary alicyclic amines) is 1. The summed E-state index contributed by atoms with van der Waals surface area (Å²) in [6, 6.07) is 7.77. The highest BCUT2D eigenvalue weighted by Gasteiger charge is 2.28. The topological polar surface area (TPSA) is 62.4 Å². The first-order chi connectivity index (χ1) is 12.3. The zero-order valence-electron chi connectivity index (χ0n) is 16.4. The van der Waals surface area contributed by atoms with Gasteiger partial charge in [-0.1, -0.05) is 38.1 Å². The number of hydrogen-bond donors (Lipinski definition) is 1. The Balaban J connectivity index is 1.48. The fourth-order valence-electron chi connectivity index (χ4n) is 3.53. The number of nitrogens with zero attached hydrogens (tertiary/aromatic N) is 3. The summed E-state index contributed by atoms with van der Waals surface area (Å²) in [7, 11) is 0. The van der Waals surface area contributed by atoms with Gasteiger partial charge in [0.05, 0.1) is 6.04 Å². The van der Waals surface area contributed by atoms with E-state index in [1.165, 1.54) is 24.8 Å². The largest absolute Gasteiger partial charge is 0.508 e. The fraction of sp³-hybridized carbons (Fsp3) is 0.619. The van der Waals surface area contributed by atoms with Crippen molar-refractivity contribution in [1.29, 1.82) is 0 Å². The van der Waals surface area contributed by atoms with Crippen LogP contribution in [0.5, 0.6) is 5.75 Å². The van der Waals surface area contributed by atoms with E-state index in [2.05, 4.69) is 42.7 Å². The third-order valence-corrected chi connectivity index (χ3v) is 5.44. The molecule has 1 unspecified atom stereocenters. The van der Waals surface area contributed by atoms with Crippen LogP contribution in [0, 0.1) is 5.92 Å². The van der Waals surface area contributed by atoms with Crippen LogP contribution in [0.25, 0.3) is 0 Å². The average molecular weight is 357 g/mol. The third-order valence-electron chi connectivity index (χ3n) is 5.44. The Labute approximate surface area is 156 Å². The number of aryl methyl sites for hydroxylation is 1. The van der Waals surface area contributed by atoms with Gasteiger partial charge in [0.15, 0.2) is 5.82 Å². The lowest BCUT2D eigenvalue weighted by Gasteiger charge is -2.34. The van der Waals surface area contributed by atoms with E-state index >= 15 is 0 Å². The van der Waals surface area contributed by atoms with Gasteiger partial charge in [0.1, 0.15) is 5.75 Å². The fourth-order valence-corrected chi connectivity index (χ4v) is 3.53. The van der Waals surface area contributed by atoms with Gasteiger partial charge in [-0.05, 0) is 69.3 Å². The highest BCUT2D eigenvalue weighted by Crippen LogP contribution is 2.29. The Morgan fingerprint density at radius 2 is 1.85 bits per heavy atom. The average Bonchev–Trinajstić information content (AvgIpc) is 3.12. The zero-order valence-corrected chi connectivity index (χ0v) is 16.4. The molecule has 0 saturated carbocycles. The van der Waals surface area contributed by atoms with Crippen molar-refractivity contribution in [1.82, 2.24) is 15.0 Å². The summed E-state index contributed by atoms with van der Waals surface area (Å²) >= 11 is 0. The van der Waals surface area contributed by atoms with Crippen molar-refractivity contribution in [3.05, 3.63) is 41.5 Å². The van der Waals surface area contributed by atoms with Crippen LogP contribution in [-0.4, -0.2) is 33.2 Å². The molecule has 1 aromatic carbocycles. The lowest BCUT2D eigenvalue weighted by molar-refractivity contribution is 0.117. The van der Waals surface area contributed by atoms with E-state index in [4.69, 9.17) is 4.52 Å². The molecule has 1 saturated heterocycles. The molecule has 1 aromatic heterocycles. The maximum Gasteiger partial charge on any atom is 0.243 e. The summed E-state index contributed by atoms with van der Waals surface area (Å²) in [6.07, 6.45) is 4.71. The molecule has 2 heterocycles. The maximum atomic E-state index is 9.37. The van der Waals surface area contributed by atoms with Gasteiger partial charge in [0.25, 0.3) is 0 Å². The van der Waals surface area contributed by atoms with Crippen molar-refractivity contribution >= 4 is 0 Å². The van der Waals surface area contributed by atoms with E-state index in [0.29, 0.717) is 5.75 Å². The van der Waals surface area contributed by atoms with E-state index in [1.807, 2.05) is 12.1 Å². The minimum atomic E-state index is -0.0807. The van der Waals surface area contributed by atoms with Crippen LogP contribution in [0.4, 0.5) is 0 Å². The Morgan fingerprint density at radius 3 is 2.42 bits per heavy atom. The summed E-state index contributed by atoms with van der Waals surface area (Å²) in [5, 5.41) is 13.5. The molecule has 1 aliphatic rings. The van der Waals surface area contributed by atoms with Crippen molar-refractivity contribution < 1.29 is 9.63 Å². The van der Waals surface area contributed by atoms with E-state index in [0.717, 1.165) is 37.1 Å². The second kappa shape index (κ2) is 7.78. The summed E-state index contributed by atoms with van der Waals surface area (Å²) in [6.45, 7) is 10.6. The number of hydrogen-bond acceptors (Lipinski definition) is 5. The van der Waals surface area contributed by atoms with E-state index in [1.54, 1.807) is 12.1 Å². The van der Waals surface area contributed by atoms with Crippen LogP contribution in [0.2, 0.25) is 0 Å². The molecule has 0 spiro atoms. The maximum absolute atomic E-state index is 9.37. The second-order valence-corrected chi connectivity index (χ2v) is 8.57. The molecule has 0 aliphatic carbocycles. The lowest BCUT2D eigenvalue weighted by atomic mass is 9.90. The number of phenols is 1. The van der Waals surface area contributed by atoms with Crippen LogP contribution < -0.4 is 0 Å². The number of piperidine rings is 1. The lowest BCUT2D eigenvalue weighted by Crippen LogP contribution is -2.36. The van der Waals surface area contributed by atoms with Crippen molar-refractivity contribution in [3.63, 3.8) is 0 Å². The molecule has 0 bridgehead atoms. The first kappa shape index (κ1) is 18.9. The minimum absolute atomic E-state index is 0.0807. The molecule has 1 aliphatic heterocycles. The van der Waals surface area contributed by atoms with Gasteiger partial charge in [-0.2, -0.15) is 4.98 Å². The number of rotatable bonds is 5. The monoisotopic (exact) mass is 357 g/mol. The Bertz CT molecular complexity index is 695. The Morgan fingerprint density at radius 1 is 1.19 bits per heavy atom. The zero-order chi connectivity index (χ0) is 18.7. The predicted molar refractivity (Wildman–Crippen MR) is 102 cm³/mol. The van der Waals surface area contributed by atoms with Crippen LogP contribution in [-0.2, 0) is 11.8 Å². The summed E-state index contributed by atoms with van der Waals surface area (Å²) in [5.74, 6) is 2.62. The van der Waals surface area contributed by atoms with Gasteiger partial charge in [0, 0.05) is 5.41 Å².